The van der Waals surface area contributed by atoms with E-state index in [2.05, 4.69) is 4.98 Å². The van der Waals surface area contributed by atoms with Crippen LogP contribution in [0.2, 0.25) is 15.1 Å². The lowest BCUT2D eigenvalue weighted by Gasteiger charge is -2.09. The van der Waals surface area contributed by atoms with Crippen LogP contribution in [0, 0.1) is 11.3 Å². The number of rotatable bonds is 4. The van der Waals surface area contributed by atoms with Crippen molar-refractivity contribution >= 4 is 61.9 Å². The first-order chi connectivity index (χ1) is 12.0. The van der Waals surface area contributed by atoms with E-state index in [4.69, 9.17) is 39.5 Å². The Morgan fingerprint density at radius 2 is 1.88 bits per heavy atom. The lowest BCUT2D eigenvalue weighted by molar-refractivity contribution is 0.273. The fourth-order valence-electron chi connectivity index (χ4n) is 2.05. The Morgan fingerprint density at radius 1 is 1.16 bits per heavy atom. The molecule has 0 fully saturated rings. The van der Waals surface area contributed by atoms with Gasteiger partial charge in [-0.1, -0.05) is 46.9 Å². The molecule has 0 aliphatic rings. The van der Waals surface area contributed by atoms with E-state index in [1.54, 1.807) is 0 Å². The highest BCUT2D eigenvalue weighted by Crippen LogP contribution is 2.34. The Balaban J connectivity index is 1.87. The van der Waals surface area contributed by atoms with Crippen LogP contribution >= 0.6 is 46.1 Å². The van der Waals surface area contributed by atoms with Crippen LogP contribution in [0.3, 0.4) is 0 Å². The van der Waals surface area contributed by atoms with Crippen LogP contribution in [0.25, 0.3) is 15.8 Å². The smallest absolute Gasteiger partial charge is 0.151 e. The first-order valence-corrected chi connectivity index (χ1v) is 8.90. The van der Waals surface area contributed by atoms with Crippen LogP contribution in [0.5, 0.6) is 5.75 Å². The Labute approximate surface area is 162 Å². The topological polar surface area (TPSA) is 66.1 Å². The van der Waals surface area contributed by atoms with Gasteiger partial charge in [-0.3, -0.25) is 0 Å². The molecule has 4 nitrogen and oxygen atoms in total. The normalized spacial score (nSPS) is 11.9. The van der Waals surface area contributed by atoms with Crippen molar-refractivity contribution in [1.82, 2.24) is 4.98 Å². The highest BCUT2D eigenvalue weighted by atomic mass is 35.5. The summed E-state index contributed by atoms with van der Waals surface area (Å²) in [5.74, 6) is 0.00732. The lowest BCUT2D eigenvalue weighted by Crippen LogP contribution is -2.04. The van der Waals surface area contributed by atoms with E-state index in [0.29, 0.717) is 10.0 Å². The second kappa shape index (κ2) is 7.51. The van der Waals surface area contributed by atoms with Crippen molar-refractivity contribution in [3.05, 3.63) is 62.2 Å². The minimum atomic E-state index is -0.253. The van der Waals surface area contributed by atoms with Gasteiger partial charge < -0.3 is 9.84 Å². The van der Waals surface area contributed by atoms with Crippen LogP contribution in [0.4, 0.5) is 0 Å². The minimum absolute atomic E-state index is 0.0531. The summed E-state index contributed by atoms with van der Waals surface area (Å²) in [6, 6.07) is 12.3. The maximum Gasteiger partial charge on any atom is 0.151 e. The van der Waals surface area contributed by atoms with Gasteiger partial charge in [0.1, 0.15) is 29.0 Å². The molecule has 1 N–H and O–H groups in total. The molecule has 0 bridgehead atoms. The molecule has 0 radical (unpaired) electrons. The number of allylic oxidation sites excluding steroid dienone is 1. The fraction of sp³-hybridized carbons (Fsp3) is 0.0588. The summed E-state index contributed by atoms with van der Waals surface area (Å²) in [5, 5.41) is 20.9. The maximum atomic E-state index is 10.3. The summed E-state index contributed by atoms with van der Waals surface area (Å²) in [5.41, 5.74) is 0.814. The van der Waals surface area contributed by atoms with Gasteiger partial charge in [0.2, 0.25) is 0 Å². The summed E-state index contributed by atoms with van der Waals surface area (Å²) >= 11 is 19.1. The van der Waals surface area contributed by atoms with Crippen molar-refractivity contribution in [3.63, 3.8) is 0 Å². The third-order valence-corrected chi connectivity index (χ3v) is 5.32. The van der Waals surface area contributed by atoms with E-state index >= 15 is 0 Å². The number of thiazole rings is 1. The molecule has 0 saturated heterocycles. The number of aliphatic hydroxyl groups is 1. The van der Waals surface area contributed by atoms with Gasteiger partial charge in [-0.05, 0) is 18.2 Å². The number of halogens is 3. The predicted molar refractivity (Wildman–Crippen MR) is 102 cm³/mol. The molecule has 0 aliphatic carbocycles. The third-order valence-electron chi connectivity index (χ3n) is 3.25. The molecule has 0 saturated carbocycles. The van der Waals surface area contributed by atoms with E-state index in [1.165, 1.54) is 23.5 Å². The van der Waals surface area contributed by atoms with Crippen molar-refractivity contribution in [2.75, 3.05) is 6.61 Å². The van der Waals surface area contributed by atoms with Gasteiger partial charge in [0.05, 0.1) is 25.3 Å². The summed E-state index contributed by atoms with van der Waals surface area (Å²) in [7, 11) is 0. The minimum Gasteiger partial charge on any atom is -0.507 e. The summed E-state index contributed by atoms with van der Waals surface area (Å²) < 4.78 is 6.38. The molecule has 0 aliphatic heterocycles. The second-order valence-corrected chi connectivity index (χ2v) is 7.16. The number of aliphatic hydroxyl groups excluding tert-OH is 1. The molecule has 0 atom stereocenters. The fourth-order valence-corrected chi connectivity index (χ4v) is 3.62. The monoisotopic (exact) mass is 410 g/mol. The molecule has 1 heterocycles. The zero-order valence-electron chi connectivity index (χ0n) is 12.5. The second-order valence-electron chi connectivity index (χ2n) is 4.91. The van der Waals surface area contributed by atoms with Crippen LogP contribution in [0.1, 0.15) is 5.01 Å². The third kappa shape index (κ3) is 3.83. The van der Waals surface area contributed by atoms with Crippen molar-refractivity contribution < 1.29 is 9.84 Å². The number of benzene rings is 2. The summed E-state index contributed by atoms with van der Waals surface area (Å²) in [6.45, 7) is -0.253. The van der Waals surface area contributed by atoms with E-state index < -0.39 is 0 Å². The van der Waals surface area contributed by atoms with E-state index in [-0.39, 0.29) is 33.7 Å². The Bertz CT molecular complexity index is 991. The number of nitriles is 1. The van der Waals surface area contributed by atoms with Gasteiger partial charge >= 0.3 is 0 Å². The molecule has 3 aromatic rings. The van der Waals surface area contributed by atoms with Crippen LogP contribution < -0.4 is 4.74 Å². The van der Waals surface area contributed by atoms with Crippen molar-refractivity contribution in [2.24, 2.45) is 0 Å². The molecular weight excluding hydrogens is 403 g/mol. The number of hydrogen-bond donors (Lipinski definition) is 1. The lowest BCUT2D eigenvalue weighted by atomic mass is 10.2. The summed E-state index contributed by atoms with van der Waals surface area (Å²) in [4.78, 5) is 4.36. The average Bonchev–Trinajstić information content (AvgIpc) is 3.01. The average molecular weight is 412 g/mol. The van der Waals surface area contributed by atoms with Crippen LogP contribution in [0.15, 0.2) is 42.2 Å². The zero-order valence-corrected chi connectivity index (χ0v) is 15.5. The standard InChI is InChI=1S/C17H9Cl3N2O2S/c18-10-5-12(20)15(6-11(10)19)24-8-14(23)9(7-21)17-22-13-3-1-2-4-16(13)25-17/h1-6,23H,8H2. The number of para-hydroxylation sites is 1. The molecule has 0 unspecified atom stereocenters. The molecule has 0 amide bonds. The molecule has 3 rings (SSSR count). The zero-order chi connectivity index (χ0) is 18.0. The Hall–Kier alpha value is -1.97. The molecule has 1 aromatic heterocycles. The summed E-state index contributed by atoms with van der Waals surface area (Å²) in [6.07, 6.45) is 0. The van der Waals surface area contributed by atoms with Crippen LogP contribution in [-0.2, 0) is 0 Å². The predicted octanol–water partition coefficient (Wildman–Crippen LogP) is 6.13. The van der Waals surface area contributed by atoms with Gasteiger partial charge in [-0.25, -0.2) is 4.98 Å². The van der Waals surface area contributed by atoms with Gasteiger partial charge in [0, 0.05) is 6.07 Å². The SMILES string of the molecule is N#CC(=C(O)COc1cc(Cl)c(Cl)cc1Cl)c1nc2ccccc2s1. The number of aromatic nitrogens is 1. The van der Waals surface area contributed by atoms with Gasteiger partial charge in [0.15, 0.2) is 5.76 Å². The number of ether oxygens (including phenoxy) is 1. The first kappa shape index (κ1) is 17.8. The van der Waals surface area contributed by atoms with E-state index in [1.807, 2.05) is 30.3 Å². The largest absolute Gasteiger partial charge is 0.507 e. The molecule has 2 aromatic carbocycles. The maximum absolute atomic E-state index is 10.3. The van der Waals surface area contributed by atoms with E-state index in [9.17, 15) is 10.4 Å². The molecule has 0 spiro atoms. The van der Waals surface area contributed by atoms with Gasteiger partial charge in [-0.15, -0.1) is 11.3 Å². The number of fused-ring (bicyclic) bond motifs is 1. The Morgan fingerprint density at radius 3 is 2.60 bits per heavy atom. The van der Waals surface area contributed by atoms with Crippen molar-refractivity contribution in [2.45, 2.75) is 0 Å². The van der Waals surface area contributed by atoms with Gasteiger partial charge in [-0.2, -0.15) is 5.26 Å². The number of nitrogens with zero attached hydrogens (tertiary/aromatic N) is 2. The Kier molecular flexibility index (Phi) is 5.36. The van der Waals surface area contributed by atoms with Crippen molar-refractivity contribution in [3.8, 4) is 11.8 Å². The highest BCUT2D eigenvalue weighted by molar-refractivity contribution is 7.19. The highest BCUT2D eigenvalue weighted by Gasteiger charge is 2.15. The van der Waals surface area contributed by atoms with Crippen molar-refractivity contribution in [1.29, 1.82) is 5.26 Å². The van der Waals surface area contributed by atoms with Crippen LogP contribution in [-0.4, -0.2) is 16.7 Å². The first-order valence-electron chi connectivity index (χ1n) is 6.95. The quantitative estimate of drug-likeness (QED) is 0.319. The molecule has 126 valence electrons. The molecule has 25 heavy (non-hydrogen) atoms. The molecule has 8 heteroatoms. The van der Waals surface area contributed by atoms with E-state index in [0.717, 1.165) is 10.2 Å². The number of hydrogen-bond acceptors (Lipinski definition) is 5. The molecular formula is C17H9Cl3N2O2S. The van der Waals surface area contributed by atoms with Gasteiger partial charge in [0.25, 0.3) is 0 Å².